The molecule has 0 bridgehead atoms. The largest absolute Gasteiger partial charge is 0.456 e. The third-order valence-electron chi connectivity index (χ3n) is 3.08. The molecule has 0 aliphatic rings. The van der Waals surface area contributed by atoms with E-state index in [9.17, 15) is 4.79 Å². The van der Waals surface area contributed by atoms with Gasteiger partial charge < -0.3 is 9.64 Å². The lowest BCUT2D eigenvalue weighted by Crippen LogP contribution is -2.16. The minimum atomic E-state index is 0.116. The molecule has 0 saturated carbocycles. The van der Waals surface area contributed by atoms with Crippen molar-refractivity contribution in [3.05, 3.63) is 58.1 Å². The molecular formula is C17H17Cl2NO2. The lowest BCUT2D eigenvalue weighted by atomic mass is 10.1. The van der Waals surface area contributed by atoms with Crippen molar-refractivity contribution in [2.45, 2.75) is 6.42 Å². The summed E-state index contributed by atoms with van der Waals surface area (Å²) in [7, 11) is 3.89. The maximum Gasteiger partial charge on any atom is 0.164 e. The van der Waals surface area contributed by atoms with Gasteiger partial charge in [0.05, 0.1) is 5.02 Å². The van der Waals surface area contributed by atoms with Crippen LogP contribution in [0.25, 0.3) is 0 Å². The minimum absolute atomic E-state index is 0.116. The number of hydrogen-bond donors (Lipinski definition) is 0. The van der Waals surface area contributed by atoms with Crippen LogP contribution in [0.2, 0.25) is 10.0 Å². The highest BCUT2D eigenvalue weighted by atomic mass is 35.5. The van der Waals surface area contributed by atoms with E-state index in [1.807, 2.05) is 19.0 Å². The van der Waals surface area contributed by atoms with E-state index in [2.05, 4.69) is 0 Å². The Labute approximate surface area is 140 Å². The van der Waals surface area contributed by atoms with Crippen LogP contribution in [-0.2, 0) is 0 Å². The maximum atomic E-state index is 12.0. The van der Waals surface area contributed by atoms with Gasteiger partial charge in [0.25, 0.3) is 0 Å². The first-order valence-corrected chi connectivity index (χ1v) is 7.62. The topological polar surface area (TPSA) is 29.5 Å². The number of carbonyl (C=O) groups excluding carboxylic acids is 1. The Morgan fingerprint density at radius 2 is 1.77 bits per heavy atom. The molecule has 5 heteroatoms. The molecule has 0 N–H and O–H groups in total. The zero-order valence-electron chi connectivity index (χ0n) is 12.5. The predicted molar refractivity (Wildman–Crippen MR) is 90.5 cm³/mol. The number of hydrogen-bond acceptors (Lipinski definition) is 3. The summed E-state index contributed by atoms with van der Waals surface area (Å²) in [5.74, 6) is 1.26. The van der Waals surface area contributed by atoms with E-state index in [0.29, 0.717) is 33.5 Å². The van der Waals surface area contributed by atoms with Crippen molar-refractivity contribution in [2.24, 2.45) is 0 Å². The first kappa shape index (κ1) is 16.8. The number of ketones is 1. The van der Waals surface area contributed by atoms with Crippen molar-refractivity contribution in [2.75, 3.05) is 20.6 Å². The van der Waals surface area contributed by atoms with Gasteiger partial charge in [-0.1, -0.05) is 23.2 Å². The number of rotatable bonds is 6. The number of ether oxygens (including phenoxy) is 1. The molecule has 0 radical (unpaired) electrons. The van der Waals surface area contributed by atoms with Gasteiger partial charge in [-0.2, -0.15) is 0 Å². The average molecular weight is 338 g/mol. The number of nitrogens with zero attached hydrogens (tertiary/aromatic N) is 1. The van der Waals surface area contributed by atoms with Crippen molar-refractivity contribution in [3.63, 3.8) is 0 Å². The van der Waals surface area contributed by atoms with E-state index < -0.39 is 0 Å². The van der Waals surface area contributed by atoms with Crippen LogP contribution in [0.5, 0.6) is 11.5 Å². The van der Waals surface area contributed by atoms with Gasteiger partial charge in [0.15, 0.2) is 5.78 Å². The molecule has 0 spiro atoms. The molecular weight excluding hydrogens is 321 g/mol. The highest BCUT2D eigenvalue weighted by Crippen LogP contribution is 2.31. The van der Waals surface area contributed by atoms with Crippen molar-refractivity contribution in [1.82, 2.24) is 4.90 Å². The van der Waals surface area contributed by atoms with E-state index in [0.717, 1.165) is 6.54 Å². The van der Waals surface area contributed by atoms with Crippen LogP contribution >= 0.6 is 23.2 Å². The number of benzene rings is 2. The van der Waals surface area contributed by atoms with Crippen LogP contribution in [0.3, 0.4) is 0 Å². The molecule has 22 heavy (non-hydrogen) atoms. The van der Waals surface area contributed by atoms with Crippen LogP contribution in [0.1, 0.15) is 16.8 Å². The normalized spacial score (nSPS) is 10.8. The number of carbonyl (C=O) groups is 1. The summed E-state index contributed by atoms with van der Waals surface area (Å²) in [5, 5.41) is 0.998. The predicted octanol–water partition coefficient (Wildman–Crippen LogP) is 4.92. The summed E-state index contributed by atoms with van der Waals surface area (Å²) in [5.41, 5.74) is 0.677. The molecule has 0 fully saturated rings. The lowest BCUT2D eigenvalue weighted by molar-refractivity contribution is 0.0972. The van der Waals surface area contributed by atoms with E-state index >= 15 is 0 Å². The zero-order chi connectivity index (χ0) is 16.1. The van der Waals surface area contributed by atoms with Crippen LogP contribution < -0.4 is 4.74 Å². The molecule has 2 rings (SSSR count). The molecule has 0 aliphatic heterocycles. The SMILES string of the molecule is CN(C)CCC(=O)c1ccc(Oc2ccc(Cl)cc2Cl)cc1. The highest BCUT2D eigenvalue weighted by Gasteiger charge is 2.08. The Morgan fingerprint density at radius 3 is 2.36 bits per heavy atom. The summed E-state index contributed by atoms with van der Waals surface area (Å²) in [6.45, 7) is 0.734. The van der Waals surface area contributed by atoms with Gasteiger partial charge in [0.2, 0.25) is 0 Å². The van der Waals surface area contributed by atoms with Gasteiger partial charge in [0.1, 0.15) is 11.5 Å². The van der Waals surface area contributed by atoms with Crippen molar-refractivity contribution in [1.29, 1.82) is 0 Å². The summed E-state index contributed by atoms with van der Waals surface area (Å²) in [6.07, 6.45) is 0.496. The van der Waals surface area contributed by atoms with Gasteiger partial charge >= 0.3 is 0 Å². The zero-order valence-corrected chi connectivity index (χ0v) is 14.0. The second-order valence-corrected chi connectivity index (χ2v) is 6.02. The Balaban J connectivity index is 2.04. The second kappa shape index (κ2) is 7.63. The summed E-state index contributed by atoms with van der Waals surface area (Å²) in [4.78, 5) is 14.0. The molecule has 0 unspecified atom stereocenters. The third kappa shape index (κ3) is 4.73. The second-order valence-electron chi connectivity index (χ2n) is 5.18. The van der Waals surface area contributed by atoms with E-state index in [4.69, 9.17) is 27.9 Å². The standard InChI is InChI=1S/C17H17Cl2NO2/c1-20(2)10-9-16(21)12-3-6-14(7-4-12)22-17-8-5-13(18)11-15(17)19/h3-8,11H,9-10H2,1-2H3. The Bertz CT molecular complexity index is 654. The molecule has 2 aromatic rings. The van der Waals surface area contributed by atoms with Crippen LogP contribution in [0, 0.1) is 0 Å². The van der Waals surface area contributed by atoms with E-state index in [1.165, 1.54) is 0 Å². The van der Waals surface area contributed by atoms with Crippen molar-refractivity contribution < 1.29 is 9.53 Å². The fourth-order valence-electron chi connectivity index (χ4n) is 1.86. The van der Waals surface area contributed by atoms with E-state index in [1.54, 1.807) is 42.5 Å². The van der Waals surface area contributed by atoms with Gasteiger partial charge in [-0.25, -0.2) is 0 Å². The lowest BCUT2D eigenvalue weighted by Gasteiger charge is -2.10. The number of halogens is 2. The smallest absolute Gasteiger partial charge is 0.164 e. The van der Waals surface area contributed by atoms with Crippen LogP contribution in [0.15, 0.2) is 42.5 Å². The van der Waals surface area contributed by atoms with Crippen molar-refractivity contribution >= 4 is 29.0 Å². The fraction of sp³-hybridized carbons (Fsp3) is 0.235. The molecule has 0 aliphatic carbocycles. The van der Waals surface area contributed by atoms with Crippen LogP contribution in [-0.4, -0.2) is 31.3 Å². The molecule has 2 aromatic carbocycles. The average Bonchev–Trinajstić information content (AvgIpc) is 2.48. The van der Waals surface area contributed by atoms with Gasteiger partial charge in [-0.3, -0.25) is 4.79 Å². The van der Waals surface area contributed by atoms with Gasteiger partial charge in [-0.05, 0) is 56.6 Å². The quantitative estimate of drug-likeness (QED) is 0.700. The molecule has 116 valence electrons. The molecule has 0 saturated heterocycles. The minimum Gasteiger partial charge on any atom is -0.456 e. The first-order chi connectivity index (χ1) is 10.5. The molecule has 0 atom stereocenters. The summed E-state index contributed by atoms with van der Waals surface area (Å²) < 4.78 is 5.69. The van der Waals surface area contributed by atoms with Gasteiger partial charge in [0, 0.05) is 23.6 Å². The maximum absolute atomic E-state index is 12.0. The Kier molecular flexibility index (Phi) is 5.83. The highest BCUT2D eigenvalue weighted by molar-refractivity contribution is 6.35. The van der Waals surface area contributed by atoms with Crippen molar-refractivity contribution in [3.8, 4) is 11.5 Å². The molecule has 3 nitrogen and oxygen atoms in total. The summed E-state index contributed by atoms with van der Waals surface area (Å²) in [6, 6.07) is 12.1. The van der Waals surface area contributed by atoms with Crippen LogP contribution in [0.4, 0.5) is 0 Å². The van der Waals surface area contributed by atoms with Gasteiger partial charge in [-0.15, -0.1) is 0 Å². The van der Waals surface area contributed by atoms with E-state index in [-0.39, 0.29) is 5.78 Å². The summed E-state index contributed by atoms with van der Waals surface area (Å²) >= 11 is 11.9. The number of Topliss-reactive ketones (excluding diaryl/α,β-unsaturated/α-hetero) is 1. The monoisotopic (exact) mass is 337 g/mol. The molecule has 0 amide bonds. The first-order valence-electron chi connectivity index (χ1n) is 6.86. The third-order valence-corrected chi connectivity index (χ3v) is 3.61. The Morgan fingerprint density at radius 1 is 1.09 bits per heavy atom. The molecule has 0 heterocycles. The Hall–Kier alpha value is -1.55. The molecule has 0 aromatic heterocycles. The fourth-order valence-corrected chi connectivity index (χ4v) is 2.31.